The molecule has 0 amide bonds. The van der Waals surface area contributed by atoms with Gasteiger partial charge in [0.1, 0.15) is 5.58 Å². The smallest absolute Gasteiger partial charge is 0.120 e. The number of para-hydroxylation sites is 3. The Hall–Kier alpha value is -5.39. The van der Waals surface area contributed by atoms with Crippen molar-refractivity contribution in [3.63, 3.8) is 0 Å². The van der Waals surface area contributed by atoms with Gasteiger partial charge in [-0.05, 0) is 82.5 Å². The first-order chi connectivity index (χ1) is 30.9. The number of fused-ring (bicyclic) bond motifs is 4. The summed E-state index contributed by atoms with van der Waals surface area (Å²) < 4.78 is 71.2. The van der Waals surface area contributed by atoms with Crippen LogP contribution in [-0.2, 0) is 20.1 Å². The van der Waals surface area contributed by atoms with E-state index in [1.807, 2.05) is 76.2 Å². The Morgan fingerprint density at radius 2 is 1.42 bits per heavy atom. The predicted molar refractivity (Wildman–Crippen MR) is 247 cm³/mol. The van der Waals surface area contributed by atoms with Crippen LogP contribution in [0.4, 0.5) is 0 Å². The van der Waals surface area contributed by atoms with Crippen molar-refractivity contribution in [2.75, 3.05) is 0 Å². The van der Waals surface area contributed by atoms with Gasteiger partial charge in [0.15, 0.2) is 0 Å². The number of hydrogen-bond acceptors (Lipinski definition) is 3. The molecule has 0 aliphatic heterocycles. The molecule has 0 aliphatic rings. The van der Waals surface area contributed by atoms with Gasteiger partial charge in [-0.1, -0.05) is 137 Å². The van der Waals surface area contributed by atoms with Gasteiger partial charge in [-0.25, -0.2) is 0 Å². The van der Waals surface area contributed by atoms with Crippen molar-refractivity contribution in [2.45, 2.75) is 72.8 Å². The van der Waals surface area contributed by atoms with Crippen LogP contribution in [0.15, 0.2) is 138 Å². The number of aryl methyl sites for hydroxylation is 2. The summed E-state index contributed by atoms with van der Waals surface area (Å²) >= 11 is 0. The summed E-state index contributed by atoms with van der Waals surface area (Å²) in [5, 5.41) is 3.45. The van der Waals surface area contributed by atoms with E-state index in [0.29, 0.717) is 17.1 Å². The maximum absolute atomic E-state index is 9.46. The molecule has 0 saturated heterocycles. The molecule has 6 aromatic carbocycles. The number of rotatable bonds is 7. The first-order valence-corrected chi connectivity index (χ1v) is 23.0. The summed E-state index contributed by atoms with van der Waals surface area (Å²) in [4.78, 5) is 9.27. The van der Waals surface area contributed by atoms with Gasteiger partial charge >= 0.3 is 0 Å². The van der Waals surface area contributed by atoms with Gasteiger partial charge in [-0.15, -0.1) is 53.6 Å². The Morgan fingerprint density at radius 3 is 2.07 bits per heavy atom. The van der Waals surface area contributed by atoms with Crippen LogP contribution >= 0.6 is 0 Å². The van der Waals surface area contributed by atoms with Crippen molar-refractivity contribution in [1.82, 2.24) is 14.5 Å². The largest absolute Gasteiger partial charge is 0.501 e. The minimum Gasteiger partial charge on any atom is -0.501 e. The summed E-state index contributed by atoms with van der Waals surface area (Å²) in [6, 6.07) is 47.2. The number of pyridine rings is 1. The number of hydrogen-bond donors (Lipinski definition) is 0. The van der Waals surface area contributed by atoms with Gasteiger partial charge in [0.25, 0.3) is 0 Å². The minimum absolute atomic E-state index is 0. The van der Waals surface area contributed by atoms with Crippen molar-refractivity contribution >= 4 is 46.2 Å². The Bertz CT molecular complexity index is 3120. The van der Waals surface area contributed by atoms with Crippen LogP contribution in [0, 0.1) is 25.8 Å². The molecule has 0 unspecified atom stereocenters. The molecule has 3 aromatic heterocycles. The fraction of sp³-hybridized carbons (Fsp3) is 0.208. The zero-order chi connectivity index (χ0) is 47.6. The monoisotopic (exact) mass is 974 g/mol. The molecular formula is C53H51IrN3OSi-2. The van der Waals surface area contributed by atoms with Crippen LogP contribution < -0.4 is 5.19 Å². The molecule has 9 aromatic rings. The second kappa shape index (κ2) is 17.1. The molecule has 59 heavy (non-hydrogen) atoms. The third-order valence-electron chi connectivity index (χ3n) is 10.5. The Labute approximate surface area is 375 Å². The molecule has 4 nitrogen and oxygen atoms in total. The summed E-state index contributed by atoms with van der Waals surface area (Å²) in [6.45, 7) is 10.4. The van der Waals surface area contributed by atoms with Crippen LogP contribution in [0.25, 0.3) is 72.4 Å². The van der Waals surface area contributed by atoms with Gasteiger partial charge in [0.2, 0.25) is 0 Å². The summed E-state index contributed by atoms with van der Waals surface area (Å²) in [7, 11) is -1.46. The molecule has 0 aliphatic carbocycles. The third-order valence-corrected chi connectivity index (χ3v) is 12.5. The molecule has 0 saturated carbocycles. The van der Waals surface area contributed by atoms with E-state index in [9.17, 15) is 2.74 Å². The number of nitrogens with zero attached hydrogens (tertiary/aromatic N) is 3. The fourth-order valence-electron chi connectivity index (χ4n) is 7.38. The van der Waals surface area contributed by atoms with Crippen LogP contribution in [0.2, 0.25) is 19.6 Å². The zero-order valence-electron chi connectivity index (χ0n) is 42.3. The number of imidazole rings is 1. The molecule has 9 rings (SSSR count). The molecule has 3 heterocycles. The van der Waals surface area contributed by atoms with Crippen molar-refractivity contribution in [3.05, 3.63) is 168 Å². The first kappa shape index (κ1) is 32.5. The SMILES string of the molecule is [2H]C(C)(C)c1cc(-c2ccc([Si](C)(C)C)cc2)cc(C([2H])(C)C)c1-n1c(-c2[c-]ccc3c2oc2ccccc23)nc2ccccc21.[2H]C([2H])([2H])c1c[c-]c(-c2ccc(C([2H])([2H])[2H])cn2)cc1.[Ir]. The van der Waals surface area contributed by atoms with E-state index in [2.05, 4.69) is 89.9 Å². The van der Waals surface area contributed by atoms with Crippen molar-refractivity contribution in [2.24, 2.45) is 0 Å². The maximum atomic E-state index is 9.46. The molecule has 0 bridgehead atoms. The van der Waals surface area contributed by atoms with Gasteiger partial charge in [0, 0.05) is 48.3 Å². The van der Waals surface area contributed by atoms with Crippen LogP contribution in [0.3, 0.4) is 0 Å². The normalized spacial score (nSPS) is 14.4. The maximum Gasteiger partial charge on any atom is 0.120 e. The van der Waals surface area contributed by atoms with E-state index < -0.39 is 33.6 Å². The van der Waals surface area contributed by atoms with Crippen LogP contribution in [0.1, 0.15) is 72.7 Å². The van der Waals surface area contributed by atoms with Crippen molar-refractivity contribution in [1.29, 1.82) is 0 Å². The topological polar surface area (TPSA) is 43.9 Å². The number of benzene rings is 6. The van der Waals surface area contributed by atoms with E-state index in [-0.39, 0.29) is 31.2 Å². The van der Waals surface area contributed by atoms with Crippen molar-refractivity contribution < 1.29 is 35.5 Å². The fourth-order valence-corrected chi connectivity index (χ4v) is 8.55. The van der Waals surface area contributed by atoms with E-state index in [0.717, 1.165) is 66.5 Å². The van der Waals surface area contributed by atoms with Crippen LogP contribution in [0.5, 0.6) is 0 Å². The standard InChI is InChI=1S/C40H39N2OSi.C13H12N.Ir/c1-25(2)33-23-28(27-19-21-29(22-20-27)44(5,6)7)24-34(26(3)4)38(33)42-36-17-10-9-16-35(36)41-40(42)32-15-12-14-31-30-13-8-11-18-37(30)43-39(31)32;1-10-3-6-12(7-4-10)13-8-5-11(2)9-14-13;/h8-14,16-26H,1-7H3;3-6,8-9H,1-2H3;/q2*-1;/i25D,26D;1D3,2D3;. The molecule has 6 heteroatoms. The minimum atomic E-state index is -2.18. The second-order valence-corrected chi connectivity index (χ2v) is 21.2. The van der Waals surface area contributed by atoms with E-state index >= 15 is 0 Å². The Balaban J connectivity index is 0.000000267. The molecule has 0 spiro atoms. The molecule has 0 atom stereocenters. The first-order valence-electron chi connectivity index (χ1n) is 23.5. The van der Waals surface area contributed by atoms with Crippen molar-refractivity contribution in [3.8, 4) is 39.5 Å². The summed E-state index contributed by atoms with van der Waals surface area (Å²) in [5.41, 5.74) is 10.1. The molecule has 1 radical (unpaired) electrons. The number of aromatic nitrogens is 3. The van der Waals surface area contributed by atoms with E-state index in [1.54, 1.807) is 12.1 Å². The van der Waals surface area contributed by atoms with Gasteiger partial charge in [-0.3, -0.25) is 4.98 Å². The summed E-state index contributed by atoms with van der Waals surface area (Å²) in [5.74, 6) is -1.29. The van der Waals surface area contributed by atoms with Gasteiger partial charge in [-0.2, -0.15) is 0 Å². The van der Waals surface area contributed by atoms with Crippen LogP contribution in [-0.4, -0.2) is 22.6 Å². The average Bonchev–Trinajstić information content (AvgIpc) is 3.84. The molecule has 0 N–H and O–H groups in total. The number of furan rings is 1. The molecule has 299 valence electrons. The van der Waals surface area contributed by atoms with E-state index in [4.69, 9.17) is 17.6 Å². The Morgan fingerprint density at radius 1 is 0.729 bits per heavy atom. The van der Waals surface area contributed by atoms with E-state index in [1.165, 1.54) is 29.6 Å². The second-order valence-electron chi connectivity index (χ2n) is 16.1. The average molecular weight is 974 g/mol. The van der Waals surface area contributed by atoms with Gasteiger partial charge in [0.05, 0.1) is 30.5 Å². The zero-order valence-corrected chi connectivity index (χ0v) is 37.7. The molecular weight excluding hydrogens is 915 g/mol. The Kier molecular flexibility index (Phi) is 9.39. The quantitative estimate of drug-likeness (QED) is 0.118. The molecule has 0 fully saturated rings. The third kappa shape index (κ3) is 8.40. The predicted octanol–water partition coefficient (Wildman–Crippen LogP) is 14.0. The summed E-state index contributed by atoms with van der Waals surface area (Å²) in [6.07, 6.45) is 1.30. The van der Waals surface area contributed by atoms with Gasteiger partial charge < -0.3 is 14.0 Å².